The number of benzene rings is 3. The second kappa shape index (κ2) is 10.9. The lowest BCUT2D eigenvalue weighted by Crippen LogP contribution is -2.25. The zero-order chi connectivity index (χ0) is 20.5. The molecule has 0 saturated carbocycles. The quantitative estimate of drug-likeness (QED) is 0.437. The molecular formula is C27H34N2. The lowest BCUT2D eigenvalue weighted by molar-refractivity contribution is 0.294. The van der Waals surface area contributed by atoms with Crippen LogP contribution in [-0.4, -0.2) is 50.6 Å². The Hall–Kier alpha value is -2.42. The van der Waals surface area contributed by atoms with Crippen LogP contribution in [0.5, 0.6) is 0 Å². The van der Waals surface area contributed by atoms with Crippen molar-refractivity contribution in [1.82, 2.24) is 9.80 Å². The third kappa shape index (κ3) is 6.56. The molecule has 2 nitrogen and oxygen atoms in total. The SMILES string of the molecule is CN(C)CCCN(C)CCC(c1ccccc1)c1ccc(-c2ccccc2)cc1. The van der Waals surface area contributed by atoms with E-state index in [2.05, 4.69) is 116 Å². The molecule has 0 fully saturated rings. The first-order chi connectivity index (χ1) is 14.1. The lowest BCUT2D eigenvalue weighted by Gasteiger charge is -2.23. The van der Waals surface area contributed by atoms with E-state index >= 15 is 0 Å². The van der Waals surface area contributed by atoms with Crippen molar-refractivity contribution >= 4 is 0 Å². The summed E-state index contributed by atoms with van der Waals surface area (Å²) >= 11 is 0. The van der Waals surface area contributed by atoms with Gasteiger partial charge in [-0.3, -0.25) is 0 Å². The number of rotatable bonds is 10. The maximum absolute atomic E-state index is 2.47. The molecule has 3 aromatic carbocycles. The highest BCUT2D eigenvalue weighted by molar-refractivity contribution is 5.63. The molecule has 0 amide bonds. The highest BCUT2D eigenvalue weighted by Gasteiger charge is 2.15. The van der Waals surface area contributed by atoms with Crippen LogP contribution in [-0.2, 0) is 0 Å². The van der Waals surface area contributed by atoms with E-state index in [1.54, 1.807) is 0 Å². The molecule has 0 heterocycles. The van der Waals surface area contributed by atoms with Crippen molar-refractivity contribution in [3.63, 3.8) is 0 Å². The minimum Gasteiger partial charge on any atom is -0.309 e. The van der Waals surface area contributed by atoms with Gasteiger partial charge in [0.1, 0.15) is 0 Å². The van der Waals surface area contributed by atoms with Crippen LogP contribution < -0.4 is 0 Å². The van der Waals surface area contributed by atoms with E-state index in [-0.39, 0.29) is 0 Å². The van der Waals surface area contributed by atoms with Crippen LogP contribution in [0.4, 0.5) is 0 Å². The van der Waals surface area contributed by atoms with Gasteiger partial charge in [0.15, 0.2) is 0 Å². The first kappa shape index (κ1) is 21.3. The second-order valence-corrected chi connectivity index (χ2v) is 8.20. The summed E-state index contributed by atoms with van der Waals surface area (Å²) in [6.45, 7) is 3.40. The van der Waals surface area contributed by atoms with Crippen molar-refractivity contribution in [2.45, 2.75) is 18.8 Å². The molecule has 0 aliphatic carbocycles. The molecule has 0 bridgehead atoms. The summed E-state index contributed by atoms with van der Waals surface area (Å²) in [7, 11) is 6.53. The second-order valence-electron chi connectivity index (χ2n) is 8.20. The topological polar surface area (TPSA) is 6.48 Å². The Morgan fingerprint density at radius 1 is 0.586 bits per heavy atom. The van der Waals surface area contributed by atoms with Crippen molar-refractivity contribution in [2.75, 3.05) is 40.8 Å². The monoisotopic (exact) mass is 386 g/mol. The minimum atomic E-state index is 0.428. The predicted molar refractivity (Wildman–Crippen MR) is 125 cm³/mol. The number of hydrogen-bond acceptors (Lipinski definition) is 2. The first-order valence-electron chi connectivity index (χ1n) is 10.7. The third-order valence-electron chi connectivity index (χ3n) is 5.57. The Labute approximate surface area is 176 Å². The van der Waals surface area contributed by atoms with Crippen LogP contribution >= 0.6 is 0 Å². The summed E-state index contributed by atoms with van der Waals surface area (Å²) in [6.07, 6.45) is 2.35. The molecule has 3 aromatic rings. The van der Waals surface area contributed by atoms with E-state index in [0.717, 1.165) is 26.1 Å². The van der Waals surface area contributed by atoms with Crippen molar-refractivity contribution in [2.24, 2.45) is 0 Å². The molecule has 0 radical (unpaired) electrons. The van der Waals surface area contributed by atoms with Gasteiger partial charge in [0.25, 0.3) is 0 Å². The summed E-state index contributed by atoms with van der Waals surface area (Å²) in [5.41, 5.74) is 5.36. The Balaban J connectivity index is 1.71. The van der Waals surface area contributed by atoms with Gasteiger partial charge in [0.2, 0.25) is 0 Å². The smallest absolute Gasteiger partial charge is 0.0101 e. The fourth-order valence-corrected chi connectivity index (χ4v) is 3.87. The Morgan fingerprint density at radius 3 is 1.76 bits per heavy atom. The van der Waals surface area contributed by atoms with E-state index in [4.69, 9.17) is 0 Å². The molecular weight excluding hydrogens is 352 g/mol. The van der Waals surface area contributed by atoms with Gasteiger partial charge < -0.3 is 9.80 Å². The number of nitrogens with zero attached hydrogens (tertiary/aromatic N) is 2. The van der Waals surface area contributed by atoms with E-state index in [1.807, 2.05) is 0 Å². The zero-order valence-electron chi connectivity index (χ0n) is 18.1. The summed E-state index contributed by atoms with van der Waals surface area (Å²) < 4.78 is 0. The van der Waals surface area contributed by atoms with Gasteiger partial charge in [-0.05, 0) is 75.9 Å². The van der Waals surface area contributed by atoms with Crippen LogP contribution in [0.1, 0.15) is 29.9 Å². The molecule has 29 heavy (non-hydrogen) atoms. The molecule has 1 unspecified atom stereocenters. The average molecular weight is 387 g/mol. The molecule has 0 aliphatic heterocycles. The van der Waals surface area contributed by atoms with E-state index < -0.39 is 0 Å². The van der Waals surface area contributed by atoms with Crippen molar-refractivity contribution in [3.05, 3.63) is 96.1 Å². The lowest BCUT2D eigenvalue weighted by atomic mass is 9.87. The highest BCUT2D eigenvalue weighted by Crippen LogP contribution is 2.30. The molecule has 2 heteroatoms. The van der Waals surface area contributed by atoms with Gasteiger partial charge in [0.05, 0.1) is 0 Å². The van der Waals surface area contributed by atoms with Gasteiger partial charge in [-0.2, -0.15) is 0 Å². The highest BCUT2D eigenvalue weighted by atomic mass is 15.1. The van der Waals surface area contributed by atoms with Gasteiger partial charge >= 0.3 is 0 Å². The van der Waals surface area contributed by atoms with Crippen LogP contribution in [0.2, 0.25) is 0 Å². The van der Waals surface area contributed by atoms with E-state index in [1.165, 1.54) is 28.7 Å². The molecule has 0 N–H and O–H groups in total. The molecule has 0 saturated heterocycles. The van der Waals surface area contributed by atoms with E-state index in [0.29, 0.717) is 5.92 Å². The Kier molecular flexibility index (Phi) is 8.03. The Bertz CT molecular complexity index is 825. The van der Waals surface area contributed by atoms with Crippen LogP contribution in [0.3, 0.4) is 0 Å². The van der Waals surface area contributed by atoms with Crippen LogP contribution in [0, 0.1) is 0 Å². The third-order valence-corrected chi connectivity index (χ3v) is 5.57. The summed E-state index contributed by atoms with van der Waals surface area (Å²) in [4.78, 5) is 4.73. The van der Waals surface area contributed by atoms with Gasteiger partial charge in [-0.25, -0.2) is 0 Å². The predicted octanol–water partition coefficient (Wildman–Crippen LogP) is 5.76. The fraction of sp³-hybridized carbons (Fsp3) is 0.333. The molecule has 1 atom stereocenters. The van der Waals surface area contributed by atoms with Gasteiger partial charge in [-0.1, -0.05) is 84.9 Å². The standard InChI is InChI=1S/C27H34N2/c1-28(2)20-10-21-29(3)22-19-27(25-13-8-5-9-14-25)26-17-15-24(16-18-26)23-11-6-4-7-12-23/h4-9,11-18,27H,10,19-22H2,1-3H3. The van der Waals surface area contributed by atoms with Crippen molar-refractivity contribution in [3.8, 4) is 11.1 Å². The normalized spacial score (nSPS) is 12.4. The zero-order valence-corrected chi connectivity index (χ0v) is 18.1. The minimum absolute atomic E-state index is 0.428. The van der Waals surface area contributed by atoms with Crippen molar-refractivity contribution < 1.29 is 0 Å². The summed E-state index contributed by atoms with van der Waals surface area (Å²) in [5, 5.41) is 0. The largest absolute Gasteiger partial charge is 0.309 e. The summed E-state index contributed by atoms with van der Waals surface area (Å²) in [6, 6.07) is 30.7. The molecule has 152 valence electrons. The molecule has 3 rings (SSSR count). The average Bonchev–Trinajstić information content (AvgIpc) is 2.75. The maximum Gasteiger partial charge on any atom is 0.0101 e. The van der Waals surface area contributed by atoms with Gasteiger partial charge in [-0.15, -0.1) is 0 Å². The van der Waals surface area contributed by atoms with Crippen LogP contribution in [0.25, 0.3) is 11.1 Å². The number of hydrogen-bond donors (Lipinski definition) is 0. The Morgan fingerprint density at radius 2 is 1.14 bits per heavy atom. The van der Waals surface area contributed by atoms with Gasteiger partial charge in [0, 0.05) is 5.92 Å². The molecule has 0 aromatic heterocycles. The summed E-state index contributed by atoms with van der Waals surface area (Å²) in [5.74, 6) is 0.428. The fourth-order valence-electron chi connectivity index (χ4n) is 3.87. The van der Waals surface area contributed by atoms with E-state index in [9.17, 15) is 0 Å². The van der Waals surface area contributed by atoms with Crippen LogP contribution in [0.15, 0.2) is 84.9 Å². The van der Waals surface area contributed by atoms with Crippen molar-refractivity contribution in [1.29, 1.82) is 0 Å². The first-order valence-corrected chi connectivity index (χ1v) is 10.7. The molecule has 0 aliphatic rings. The maximum atomic E-state index is 2.47. The molecule has 0 spiro atoms.